The van der Waals surface area contributed by atoms with E-state index in [1.165, 1.54) is 18.5 Å². The molecule has 0 amide bonds. The first kappa shape index (κ1) is 18.4. The second-order valence-corrected chi connectivity index (χ2v) is 7.24. The molecule has 136 valence electrons. The quantitative estimate of drug-likeness (QED) is 0.831. The first-order valence-corrected chi connectivity index (χ1v) is 9.09. The highest BCUT2D eigenvalue weighted by molar-refractivity contribution is 6.32. The molecule has 0 bridgehead atoms. The van der Waals surface area contributed by atoms with Crippen LogP contribution in [0, 0.1) is 5.92 Å². The monoisotopic (exact) mass is 382 g/mol. The number of nitrogens with one attached hydrogen (secondary N) is 2. The van der Waals surface area contributed by atoms with E-state index in [4.69, 9.17) is 16.6 Å². The van der Waals surface area contributed by atoms with Crippen molar-refractivity contribution in [2.24, 2.45) is 13.0 Å². The van der Waals surface area contributed by atoms with Crippen LogP contribution in [-0.4, -0.2) is 38.9 Å². The molecule has 8 heteroatoms. The van der Waals surface area contributed by atoms with Crippen molar-refractivity contribution in [1.82, 2.24) is 25.1 Å². The van der Waals surface area contributed by atoms with E-state index >= 15 is 0 Å². The minimum atomic E-state index is 0. The van der Waals surface area contributed by atoms with Crippen LogP contribution in [0.3, 0.4) is 0 Å². The van der Waals surface area contributed by atoms with Gasteiger partial charge in [0.2, 0.25) is 5.95 Å². The van der Waals surface area contributed by atoms with Gasteiger partial charge in [0.15, 0.2) is 0 Å². The van der Waals surface area contributed by atoms with Crippen molar-refractivity contribution >= 4 is 30.0 Å². The lowest BCUT2D eigenvalue weighted by molar-refractivity contribution is 0.477. The SMILES string of the molecule is Cl.Cn1ncc(-c2nc(NC3CCNCC3)ncc2Cl)c1CC1CC1. The summed E-state index contributed by atoms with van der Waals surface area (Å²) in [5, 5.41) is 11.8. The van der Waals surface area contributed by atoms with E-state index < -0.39 is 0 Å². The number of aryl methyl sites for hydroxylation is 1. The highest BCUT2D eigenvalue weighted by atomic mass is 35.5. The maximum atomic E-state index is 6.41. The van der Waals surface area contributed by atoms with Gasteiger partial charge in [0.05, 0.1) is 23.1 Å². The number of aromatic nitrogens is 4. The Labute approximate surface area is 159 Å². The zero-order valence-corrected chi connectivity index (χ0v) is 15.9. The number of piperidine rings is 1. The molecule has 25 heavy (non-hydrogen) atoms. The second kappa shape index (κ2) is 7.89. The van der Waals surface area contributed by atoms with E-state index in [-0.39, 0.29) is 12.4 Å². The van der Waals surface area contributed by atoms with Gasteiger partial charge in [-0.3, -0.25) is 4.68 Å². The standard InChI is InChI=1S/C17H23ClN6.ClH/c1-24-15(8-11-2-3-11)13(9-21-24)16-14(18)10-20-17(23-16)22-12-4-6-19-7-5-12;/h9-12,19H,2-8H2,1H3,(H,20,22,23);1H. The minimum Gasteiger partial charge on any atom is -0.351 e. The molecule has 2 aromatic heterocycles. The lowest BCUT2D eigenvalue weighted by atomic mass is 10.1. The third kappa shape index (κ3) is 4.25. The summed E-state index contributed by atoms with van der Waals surface area (Å²) in [5.41, 5.74) is 3.03. The fraction of sp³-hybridized carbons (Fsp3) is 0.588. The van der Waals surface area contributed by atoms with E-state index in [1.807, 2.05) is 17.9 Å². The molecule has 1 saturated heterocycles. The summed E-state index contributed by atoms with van der Waals surface area (Å²) >= 11 is 6.41. The van der Waals surface area contributed by atoms with Crippen LogP contribution in [0.15, 0.2) is 12.4 Å². The van der Waals surface area contributed by atoms with E-state index in [1.54, 1.807) is 6.20 Å². The first-order valence-electron chi connectivity index (χ1n) is 8.71. The van der Waals surface area contributed by atoms with Gasteiger partial charge in [0.25, 0.3) is 0 Å². The van der Waals surface area contributed by atoms with Gasteiger partial charge >= 0.3 is 0 Å². The van der Waals surface area contributed by atoms with Crippen LogP contribution < -0.4 is 10.6 Å². The first-order chi connectivity index (χ1) is 11.7. The van der Waals surface area contributed by atoms with E-state index in [2.05, 4.69) is 20.7 Å². The van der Waals surface area contributed by atoms with Crippen molar-refractivity contribution in [2.75, 3.05) is 18.4 Å². The van der Waals surface area contributed by atoms with Gasteiger partial charge in [-0.1, -0.05) is 11.6 Å². The van der Waals surface area contributed by atoms with Crippen LogP contribution in [-0.2, 0) is 13.5 Å². The highest BCUT2D eigenvalue weighted by Crippen LogP contribution is 2.36. The maximum Gasteiger partial charge on any atom is 0.223 e. The lowest BCUT2D eigenvalue weighted by Gasteiger charge is -2.23. The molecule has 2 N–H and O–H groups in total. The molecule has 1 saturated carbocycles. The molecule has 0 spiro atoms. The van der Waals surface area contributed by atoms with Gasteiger partial charge in [0.1, 0.15) is 0 Å². The summed E-state index contributed by atoms with van der Waals surface area (Å²) < 4.78 is 1.95. The summed E-state index contributed by atoms with van der Waals surface area (Å²) in [5.74, 6) is 1.44. The van der Waals surface area contributed by atoms with Crippen LogP contribution in [0.5, 0.6) is 0 Å². The summed E-state index contributed by atoms with van der Waals surface area (Å²) in [6, 6.07) is 0.417. The highest BCUT2D eigenvalue weighted by Gasteiger charge is 2.26. The topological polar surface area (TPSA) is 67.7 Å². The van der Waals surface area contributed by atoms with E-state index in [9.17, 15) is 0 Å². The van der Waals surface area contributed by atoms with Gasteiger partial charge in [-0.05, 0) is 51.1 Å². The van der Waals surface area contributed by atoms with Gasteiger partial charge in [-0.15, -0.1) is 12.4 Å². The number of rotatable bonds is 5. The number of halogens is 2. The van der Waals surface area contributed by atoms with Gasteiger partial charge in [-0.2, -0.15) is 5.10 Å². The fourth-order valence-electron chi connectivity index (χ4n) is 3.27. The molecular formula is C17H24Cl2N6. The Bertz CT molecular complexity index is 722. The number of anilines is 1. The zero-order valence-electron chi connectivity index (χ0n) is 14.3. The fourth-order valence-corrected chi connectivity index (χ4v) is 3.47. The summed E-state index contributed by atoms with van der Waals surface area (Å²) in [4.78, 5) is 9.08. The Morgan fingerprint density at radius 1 is 1.24 bits per heavy atom. The maximum absolute atomic E-state index is 6.41. The van der Waals surface area contributed by atoms with Gasteiger partial charge in [-0.25, -0.2) is 9.97 Å². The third-order valence-corrected chi connectivity index (χ3v) is 5.19. The molecule has 1 aliphatic carbocycles. The zero-order chi connectivity index (χ0) is 16.5. The van der Waals surface area contributed by atoms with Crippen molar-refractivity contribution in [3.8, 4) is 11.3 Å². The minimum absolute atomic E-state index is 0. The van der Waals surface area contributed by atoms with E-state index in [0.717, 1.165) is 49.5 Å². The molecule has 0 unspecified atom stereocenters. The van der Waals surface area contributed by atoms with Crippen LogP contribution in [0.2, 0.25) is 5.02 Å². The molecule has 4 rings (SSSR count). The van der Waals surface area contributed by atoms with Gasteiger partial charge < -0.3 is 10.6 Å². The van der Waals surface area contributed by atoms with Gasteiger partial charge in [0, 0.05) is 24.3 Å². The van der Waals surface area contributed by atoms with Crippen LogP contribution >= 0.6 is 24.0 Å². The summed E-state index contributed by atoms with van der Waals surface area (Å²) in [6.07, 6.45) is 9.40. The van der Waals surface area contributed by atoms with E-state index in [0.29, 0.717) is 17.0 Å². The molecule has 2 aromatic rings. The Hall–Kier alpha value is -1.37. The van der Waals surface area contributed by atoms with Crippen LogP contribution in [0.1, 0.15) is 31.4 Å². The Balaban J connectivity index is 0.00000182. The molecule has 1 aliphatic heterocycles. The number of nitrogens with zero attached hydrogens (tertiary/aromatic N) is 4. The van der Waals surface area contributed by atoms with Crippen molar-refractivity contribution < 1.29 is 0 Å². The van der Waals surface area contributed by atoms with Crippen molar-refractivity contribution in [3.63, 3.8) is 0 Å². The molecule has 6 nitrogen and oxygen atoms in total. The molecule has 2 aliphatic rings. The third-order valence-electron chi connectivity index (χ3n) is 4.91. The molecular weight excluding hydrogens is 359 g/mol. The average Bonchev–Trinajstić information content (AvgIpc) is 3.34. The molecule has 0 radical (unpaired) electrons. The molecule has 3 heterocycles. The summed E-state index contributed by atoms with van der Waals surface area (Å²) in [7, 11) is 1.99. The Morgan fingerprint density at radius 3 is 2.72 bits per heavy atom. The number of hydrogen-bond acceptors (Lipinski definition) is 5. The summed E-state index contributed by atoms with van der Waals surface area (Å²) in [6.45, 7) is 2.07. The predicted molar refractivity (Wildman–Crippen MR) is 102 cm³/mol. The second-order valence-electron chi connectivity index (χ2n) is 6.83. The van der Waals surface area contributed by atoms with Crippen molar-refractivity contribution in [3.05, 3.63) is 23.1 Å². The molecule has 0 atom stereocenters. The largest absolute Gasteiger partial charge is 0.351 e. The smallest absolute Gasteiger partial charge is 0.223 e. The van der Waals surface area contributed by atoms with Crippen LogP contribution in [0.4, 0.5) is 5.95 Å². The predicted octanol–water partition coefficient (Wildman–Crippen LogP) is 3.07. The Morgan fingerprint density at radius 2 is 2.00 bits per heavy atom. The lowest BCUT2D eigenvalue weighted by Crippen LogP contribution is -2.35. The Kier molecular flexibility index (Phi) is 5.81. The average molecular weight is 383 g/mol. The normalized spacial score (nSPS) is 18.0. The molecule has 0 aromatic carbocycles. The number of hydrogen-bond donors (Lipinski definition) is 2. The van der Waals surface area contributed by atoms with Crippen molar-refractivity contribution in [2.45, 2.75) is 38.1 Å². The van der Waals surface area contributed by atoms with Crippen LogP contribution in [0.25, 0.3) is 11.3 Å². The van der Waals surface area contributed by atoms with Crippen molar-refractivity contribution in [1.29, 1.82) is 0 Å². The molecule has 2 fully saturated rings.